The zero-order valence-electron chi connectivity index (χ0n) is 15.6. The molecule has 0 aromatic carbocycles. The van der Waals surface area contributed by atoms with Crippen molar-refractivity contribution in [2.45, 2.75) is 83.2 Å². The van der Waals surface area contributed by atoms with Crippen molar-refractivity contribution in [2.24, 2.45) is 0 Å². The minimum absolute atomic E-state index is 0.0748. The Morgan fingerprint density at radius 1 is 1.12 bits per heavy atom. The fraction of sp³-hybridized carbons (Fsp3) is 0.737. The van der Waals surface area contributed by atoms with Gasteiger partial charge in [0, 0.05) is 17.5 Å². The monoisotopic (exact) mass is 378 g/mol. The molecule has 3 rings (SSSR count). The second-order valence-electron chi connectivity index (χ2n) is 7.55. The van der Waals surface area contributed by atoms with E-state index in [1.54, 1.807) is 4.90 Å². The van der Waals surface area contributed by atoms with Crippen LogP contribution in [0.3, 0.4) is 0 Å². The van der Waals surface area contributed by atoms with Crippen LogP contribution in [0.5, 0.6) is 0 Å². The Bertz CT molecular complexity index is 606. The SMILES string of the molecule is Cc1csc(NC(=O)CN(C(=O)NC2CCCCC2)C2CCCCC2)n1. The molecule has 0 aliphatic heterocycles. The quantitative estimate of drug-likeness (QED) is 0.811. The van der Waals surface area contributed by atoms with E-state index in [2.05, 4.69) is 15.6 Å². The van der Waals surface area contributed by atoms with Gasteiger partial charge in [-0.15, -0.1) is 11.3 Å². The minimum atomic E-state index is -0.163. The summed E-state index contributed by atoms with van der Waals surface area (Å²) >= 11 is 1.42. The van der Waals surface area contributed by atoms with Crippen LogP contribution >= 0.6 is 11.3 Å². The van der Waals surface area contributed by atoms with Crippen LogP contribution in [0.2, 0.25) is 0 Å². The molecule has 0 unspecified atom stereocenters. The van der Waals surface area contributed by atoms with Crippen molar-refractivity contribution in [1.29, 1.82) is 0 Å². The summed E-state index contributed by atoms with van der Waals surface area (Å²) in [6.07, 6.45) is 11.2. The summed E-state index contributed by atoms with van der Waals surface area (Å²) in [6, 6.07) is 0.345. The Balaban J connectivity index is 1.61. The first kappa shape index (κ1) is 19.1. The molecule has 2 N–H and O–H groups in total. The van der Waals surface area contributed by atoms with E-state index in [0.717, 1.165) is 44.2 Å². The summed E-state index contributed by atoms with van der Waals surface area (Å²) in [6.45, 7) is 2.00. The number of aromatic nitrogens is 1. The molecule has 7 heteroatoms. The molecular formula is C19H30N4O2S. The Kier molecular flexibility index (Phi) is 6.88. The van der Waals surface area contributed by atoms with E-state index in [1.807, 2.05) is 12.3 Å². The number of carbonyl (C=O) groups excluding carboxylic acids is 2. The second kappa shape index (κ2) is 9.35. The van der Waals surface area contributed by atoms with Gasteiger partial charge in [-0.1, -0.05) is 38.5 Å². The first-order chi connectivity index (χ1) is 12.6. The third-order valence-electron chi connectivity index (χ3n) is 5.39. The van der Waals surface area contributed by atoms with Gasteiger partial charge >= 0.3 is 6.03 Å². The molecule has 2 aliphatic carbocycles. The molecular weight excluding hydrogens is 348 g/mol. The number of hydrogen-bond donors (Lipinski definition) is 2. The predicted molar refractivity (Wildman–Crippen MR) is 104 cm³/mol. The maximum Gasteiger partial charge on any atom is 0.318 e. The maximum atomic E-state index is 12.9. The number of carbonyl (C=O) groups is 2. The van der Waals surface area contributed by atoms with Crippen LogP contribution in [0, 0.1) is 6.92 Å². The van der Waals surface area contributed by atoms with Crippen LogP contribution in [-0.2, 0) is 4.79 Å². The highest BCUT2D eigenvalue weighted by molar-refractivity contribution is 7.13. The molecule has 2 saturated carbocycles. The summed E-state index contributed by atoms with van der Waals surface area (Å²) in [5, 5.41) is 8.53. The Morgan fingerprint density at radius 2 is 1.77 bits per heavy atom. The van der Waals surface area contributed by atoms with Crippen LogP contribution in [0.25, 0.3) is 0 Å². The number of nitrogens with zero attached hydrogens (tertiary/aromatic N) is 2. The molecule has 6 nitrogen and oxygen atoms in total. The summed E-state index contributed by atoms with van der Waals surface area (Å²) in [7, 11) is 0. The smallest absolute Gasteiger partial charge is 0.318 e. The van der Waals surface area contributed by atoms with E-state index in [0.29, 0.717) is 5.13 Å². The third-order valence-corrected chi connectivity index (χ3v) is 6.26. The molecule has 0 saturated heterocycles. The molecule has 2 fully saturated rings. The summed E-state index contributed by atoms with van der Waals surface area (Å²) in [5.74, 6) is -0.163. The lowest BCUT2D eigenvalue weighted by atomic mass is 9.94. The minimum Gasteiger partial charge on any atom is -0.335 e. The van der Waals surface area contributed by atoms with Gasteiger partial charge in [0.1, 0.15) is 6.54 Å². The highest BCUT2D eigenvalue weighted by atomic mass is 32.1. The first-order valence-electron chi connectivity index (χ1n) is 9.91. The van der Waals surface area contributed by atoms with Crippen LogP contribution in [0.15, 0.2) is 5.38 Å². The van der Waals surface area contributed by atoms with Gasteiger partial charge in [0.05, 0.1) is 5.69 Å². The van der Waals surface area contributed by atoms with Crippen LogP contribution in [-0.4, -0.2) is 40.5 Å². The van der Waals surface area contributed by atoms with Gasteiger partial charge in [-0.05, 0) is 32.6 Å². The van der Waals surface area contributed by atoms with Crippen LogP contribution < -0.4 is 10.6 Å². The molecule has 2 aliphatic rings. The summed E-state index contributed by atoms with van der Waals surface area (Å²) in [4.78, 5) is 31.5. The van der Waals surface area contributed by atoms with Crippen LogP contribution in [0.4, 0.5) is 9.93 Å². The van der Waals surface area contributed by atoms with Crippen molar-refractivity contribution in [3.63, 3.8) is 0 Å². The molecule has 0 spiro atoms. The number of aryl methyl sites for hydroxylation is 1. The molecule has 144 valence electrons. The number of thiazole rings is 1. The van der Waals surface area contributed by atoms with Crippen molar-refractivity contribution in [3.8, 4) is 0 Å². The molecule has 0 bridgehead atoms. The van der Waals surface area contributed by atoms with Gasteiger partial charge in [-0.25, -0.2) is 9.78 Å². The number of anilines is 1. The zero-order valence-corrected chi connectivity index (χ0v) is 16.4. The maximum absolute atomic E-state index is 12.9. The number of hydrogen-bond acceptors (Lipinski definition) is 4. The van der Waals surface area contributed by atoms with Gasteiger partial charge in [-0.2, -0.15) is 0 Å². The highest BCUT2D eigenvalue weighted by Gasteiger charge is 2.29. The lowest BCUT2D eigenvalue weighted by molar-refractivity contribution is -0.117. The fourth-order valence-electron chi connectivity index (χ4n) is 3.99. The number of rotatable bonds is 5. The van der Waals surface area contributed by atoms with E-state index in [1.165, 1.54) is 37.0 Å². The number of urea groups is 1. The standard InChI is InChI=1S/C19H30N4O2S/c1-14-13-26-18(20-14)22-17(24)12-23(16-10-6-3-7-11-16)19(25)21-15-8-4-2-5-9-15/h13,15-16H,2-12H2,1H3,(H,21,25)(H,20,22,24). The Hall–Kier alpha value is -1.63. The normalized spacial score (nSPS) is 19.1. The van der Waals surface area contributed by atoms with Gasteiger partial charge in [0.25, 0.3) is 0 Å². The van der Waals surface area contributed by atoms with Gasteiger partial charge in [0.15, 0.2) is 5.13 Å². The van der Waals surface area contributed by atoms with Gasteiger partial charge < -0.3 is 15.5 Å². The predicted octanol–water partition coefficient (Wildman–Crippen LogP) is 4.07. The fourth-order valence-corrected chi connectivity index (χ4v) is 4.69. The van der Waals surface area contributed by atoms with Gasteiger partial charge in [0.2, 0.25) is 5.91 Å². The topological polar surface area (TPSA) is 74.3 Å². The Labute approximate surface area is 159 Å². The zero-order chi connectivity index (χ0) is 18.4. The number of amides is 3. The van der Waals surface area contributed by atoms with Gasteiger partial charge in [-0.3, -0.25) is 4.79 Å². The summed E-state index contributed by atoms with van der Waals surface area (Å²) < 4.78 is 0. The molecule has 3 amide bonds. The average molecular weight is 379 g/mol. The third kappa shape index (κ3) is 5.43. The first-order valence-corrected chi connectivity index (χ1v) is 10.8. The molecule has 0 radical (unpaired) electrons. The van der Waals surface area contributed by atoms with Crippen LogP contribution in [0.1, 0.15) is 69.9 Å². The molecule has 0 atom stereocenters. The van der Waals surface area contributed by atoms with Crippen molar-refractivity contribution in [3.05, 3.63) is 11.1 Å². The lowest BCUT2D eigenvalue weighted by Gasteiger charge is -2.35. The molecule has 1 aromatic rings. The molecule has 26 heavy (non-hydrogen) atoms. The second-order valence-corrected chi connectivity index (χ2v) is 8.40. The van der Waals surface area contributed by atoms with E-state index in [9.17, 15) is 9.59 Å². The Morgan fingerprint density at radius 3 is 2.38 bits per heavy atom. The molecule has 1 heterocycles. The lowest BCUT2D eigenvalue weighted by Crippen LogP contribution is -2.52. The highest BCUT2D eigenvalue weighted by Crippen LogP contribution is 2.24. The largest absolute Gasteiger partial charge is 0.335 e. The average Bonchev–Trinajstić information content (AvgIpc) is 3.06. The number of nitrogens with one attached hydrogen (secondary N) is 2. The van der Waals surface area contributed by atoms with Crippen molar-refractivity contribution >= 4 is 28.4 Å². The van der Waals surface area contributed by atoms with Crippen molar-refractivity contribution < 1.29 is 9.59 Å². The molecule has 1 aromatic heterocycles. The van der Waals surface area contributed by atoms with E-state index >= 15 is 0 Å². The van der Waals surface area contributed by atoms with E-state index < -0.39 is 0 Å². The van der Waals surface area contributed by atoms with Crippen molar-refractivity contribution in [1.82, 2.24) is 15.2 Å². The van der Waals surface area contributed by atoms with Crippen molar-refractivity contribution in [2.75, 3.05) is 11.9 Å². The van der Waals surface area contributed by atoms with E-state index in [-0.39, 0.29) is 30.6 Å². The van der Waals surface area contributed by atoms with E-state index in [4.69, 9.17) is 0 Å². The summed E-state index contributed by atoms with van der Waals surface area (Å²) in [5.41, 5.74) is 0.893.